The standard InChI is InChI=1S/C25H32N4O5S3/c1-8-33-23(31)19-15(7)20(24(32)34-9-2)37-22(19)26-18(30)12-36-25-28-27-21(29(25)14(5)6)16-10-17(13(3)4)35-11-16/h10-11,13-14H,8-9,12H2,1-7H3,(H,26,30). The van der Waals surface area contributed by atoms with Gasteiger partial charge in [0, 0.05) is 21.9 Å². The largest absolute Gasteiger partial charge is 0.462 e. The number of aromatic nitrogens is 3. The zero-order chi connectivity index (χ0) is 27.3. The Bertz CT molecular complexity index is 1280. The number of nitrogens with zero attached hydrogens (tertiary/aromatic N) is 3. The van der Waals surface area contributed by atoms with Crippen LogP contribution in [0, 0.1) is 6.92 Å². The van der Waals surface area contributed by atoms with Gasteiger partial charge < -0.3 is 14.8 Å². The topological polar surface area (TPSA) is 112 Å². The van der Waals surface area contributed by atoms with Crippen molar-refractivity contribution in [1.29, 1.82) is 0 Å². The molecule has 0 saturated heterocycles. The van der Waals surface area contributed by atoms with E-state index in [0.717, 1.165) is 22.7 Å². The smallest absolute Gasteiger partial charge is 0.348 e. The van der Waals surface area contributed by atoms with E-state index in [9.17, 15) is 14.4 Å². The van der Waals surface area contributed by atoms with Gasteiger partial charge in [0.15, 0.2) is 11.0 Å². The average molecular weight is 565 g/mol. The van der Waals surface area contributed by atoms with Crippen molar-refractivity contribution in [3.63, 3.8) is 0 Å². The summed E-state index contributed by atoms with van der Waals surface area (Å²) in [6.07, 6.45) is 0. The maximum Gasteiger partial charge on any atom is 0.348 e. The molecule has 3 aromatic heterocycles. The van der Waals surface area contributed by atoms with Gasteiger partial charge in [-0.2, -0.15) is 0 Å². The van der Waals surface area contributed by atoms with Crippen LogP contribution in [0.5, 0.6) is 0 Å². The molecule has 0 aliphatic rings. The molecule has 9 nitrogen and oxygen atoms in total. The van der Waals surface area contributed by atoms with Crippen LogP contribution >= 0.6 is 34.4 Å². The van der Waals surface area contributed by atoms with Crippen LogP contribution in [0.15, 0.2) is 16.6 Å². The van der Waals surface area contributed by atoms with Crippen molar-refractivity contribution in [3.8, 4) is 11.4 Å². The minimum Gasteiger partial charge on any atom is -0.462 e. The van der Waals surface area contributed by atoms with E-state index in [-0.39, 0.29) is 46.4 Å². The maximum absolute atomic E-state index is 12.9. The molecule has 0 saturated carbocycles. The van der Waals surface area contributed by atoms with E-state index in [0.29, 0.717) is 16.6 Å². The molecule has 0 spiro atoms. The lowest BCUT2D eigenvalue weighted by molar-refractivity contribution is -0.113. The number of esters is 2. The third-order valence-corrected chi connectivity index (χ3v) is 8.66. The number of hydrogen-bond acceptors (Lipinski definition) is 10. The van der Waals surface area contributed by atoms with Crippen LogP contribution in [0.1, 0.15) is 84.0 Å². The molecule has 1 N–H and O–H groups in total. The molecule has 0 aliphatic carbocycles. The van der Waals surface area contributed by atoms with Gasteiger partial charge in [0.05, 0.1) is 24.5 Å². The van der Waals surface area contributed by atoms with E-state index in [1.54, 1.807) is 32.1 Å². The summed E-state index contributed by atoms with van der Waals surface area (Å²) in [7, 11) is 0. The first-order valence-corrected chi connectivity index (χ1v) is 14.7. The summed E-state index contributed by atoms with van der Waals surface area (Å²) in [5.41, 5.74) is 1.59. The molecule has 0 aliphatic heterocycles. The van der Waals surface area contributed by atoms with Gasteiger partial charge in [-0.15, -0.1) is 32.9 Å². The van der Waals surface area contributed by atoms with Gasteiger partial charge in [0.25, 0.3) is 0 Å². The lowest BCUT2D eigenvalue weighted by Gasteiger charge is -2.13. The molecule has 3 aromatic rings. The fourth-order valence-electron chi connectivity index (χ4n) is 3.55. The summed E-state index contributed by atoms with van der Waals surface area (Å²) < 4.78 is 12.3. The molecule has 0 radical (unpaired) electrons. The normalized spacial score (nSPS) is 11.3. The van der Waals surface area contributed by atoms with Gasteiger partial charge in [-0.3, -0.25) is 9.36 Å². The molecule has 1 amide bonds. The molecule has 200 valence electrons. The summed E-state index contributed by atoms with van der Waals surface area (Å²) in [5.74, 6) is -0.257. The Balaban J connectivity index is 1.80. The van der Waals surface area contributed by atoms with Crippen molar-refractivity contribution in [3.05, 3.63) is 32.3 Å². The average Bonchev–Trinajstić information content (AvgIpc) is 3.55. The first kappa shape index (κ1) is 28.9. The van der Waals surface area contributed by atoms with Crippen molar-refractivity contribution in [2.75, 3.05) is 24.3 Å². The van der Waals surface area contributed by atoms with E-state index in [4.69, 9.17) is 9.47 Å². The molecule has 0 bridgehead atoms. The summed E-state index contributed by atoms with van der Waals surface area (Å²) in [4.78, 5) is 39.4. The first-order valence-electron chi connectivity index (χ1n) is 12.0. The molecule has 3 rings (SSSR count). The third-order valence-electron chi connectivity index (χ3n) is 5.30. The van der Waals surface area contributed by atoms with Gasteiger partial charge in [-0.1, -0.05) is 25.6 Å². The number of thioether (sulfide) groups is 1. The first-order chi connectivity index (χ1) is 17.6. The Morgan fingerprint density at radius 3 is 2.35 bits per heavy atom. The zero-order valence-electron chi connectivity index (χ0n) is 22.0. The zero-order valence-corrected chi connectivity index (χ0v) is 24.5. The Kier molecular flexibility index (Phi) is 9.91. The molecular formula is C25H32N4O5S3. The van der Waals surface area contributed by atoms with Crippen molar-refractivity contribution >= 4 is 57.3 Å². The number of carbonyl (C=O) groups excluding carboxylic acids is 3. The predicted octanol–water partition coefficient (Wildman–Crippen LogP) is 6.17. The number of ether oxygens (including phenoxy) is 2. The lowest BCUT2D eigenvalue weighted by Crippen LogP contribution is -2.17. The lowest BCUT2D eigenvalue weighted by atomic mass is 10.1. The minimum atomic E-state index is -0.601. The van der Waals surface area contributed by atoms with Crippen LogP contribution in [0.4, 0.5) is 5.00 Å². The number of thiophene rings is 2. The molecule has 12 heteroatoms. The predicted molar refractivity (Wildman–Crippen MR) is 148 cm³/mol. The second-order valence-corrected chi connectivity index (χ2v) is 11.6. The number of anilines is 1. The summed E-state index contributed by atoms with van der Waals surface area (Å²) in [5, 5.41) is 14.5. The van der Waals surface area contributed by atoms with Crippen LogP contribution in [-0.4, -0.2) is 51.6 Å². The fraction of sp³-hybridized carbons (Fsp3) is 0.480. The number of hydrogen-bond donors (Lipinski definition) is 1. The molecule has 0 unspecified atom stereocenters. The van der Waals surface area contributed by atoms with E-state index >= 15 is 0 Å². The molecular weight excluding hydrogens is 532 g/mol. The highest BCUT2D eigenvalue weighted by Gasteiger charge is 2.27. The van der Waals surface area contributed by atoms with Crippen molar-refractivity contribution in [1.82, 2.24) is 14.8 Å². The summed E-state index contributed by atoms with van der Waals surface area (Å²) in [6.45, 7) is 13.8. The van der Waals surface area contributed by atoms with Gasteiger partial charge in [0.1, 0.15) is 9.88 Å². The molecule has 37 heavy (non-hydrogen) atoms. The van der Waals surface area contributed by atoms with Crippen molar-refractivity contribution in [2.45, 2.75) is 65.6 Å². The Hall–Kier alpha value is -2.70. The van der Waals surface area contributed by atoms with Crippen LogP contribution in [0.2, 0.25) is 0 Å². The second kappa shape index (κ2) is 12.7. The monoisotopic (exact) mass is 564 g/mol. The number of amides is 1. The van der Waals surface area contributed by atoms with Crippen LogP contribution in [0.25, 0.3) is 11.4 Å². The Morgan fingerprint density at radius 1 is 1.08 bits per heavy atom. The van der Waals surface area contributed by atoms with Crippen molar-refractivity contribution in [2.24, 2.45) is 0 Å². The molecule has 0 aromatic carbocycles. The van der Waals surface area contributed by atoms with Gasteiger partial charge in [-0.25, -0.2) is 9.59 Å². The number of carbonyl (C=O) groups is 3. The number of rotatable bonds is 11. The molecule has 0 atom stereocenters. The van der Waals surface area contributed by atoms with E-state index in [2.05, 4.69) is 40.8 Å². The fourth-order valence-corrected chi connectivity index (χ4v) is 6.42. The Labute approximate surface area is 229 Å². The van der Waals surface area contributed by atoms with E-state index < -0.39 is 11.9 Å². The highest BCUT2D eigenvalue weighted by molar-refractivity contribution is 7.99. The van der Waals surface area contributed by atoms with Crippen molar-refractivity contribution < 1.29 is 23.9 Å². The second-order valence-electron chi connectivity index (χ2n) is 8.70. The Morgan fingerprint density at radius 2 is 1.76 bits per heavy atom. The quantitative estimate of drug-likeness (QED) is 0.217. The van der Waals surface area contributed by atoms with Gasteiger partial charge >= 0.3 is 11.9 Å². The van der Waals surface area contributed by atoms with E-state index in [1.807, 2.05) is 18.4 Å². The van der Waals surface area contributed by atoms with Gasteiger partial charge in [-0.05, 0) is 52.2 Å². The van der Waals surface area contributed by atoms with Crippen LogP contribution in [-0.2, 0) is 14.3 Å². The molecule has 0 fully saturated rings. The third kappa shape index (κ3) is 6.60. The van der Waals surface area contributed by atoms with Crippen LogP contribution in [0.3, 0.4) is 0 Å². The highest BCUT2D eigenvalue weighted by Crippen LogP contribution is 2.35. The maximum atomic E-state index is 12.9. The van der Waals surface area contributed by atoms with Crippen LogP contribution < -0.4 is 5.32 Å². The summed E-state index contributed by atoms with van der Waals surface area (Å²) in [6, 6.07) is 2.22. The van der Waals surface area contributed by atoms with E-state index in [1.165, 1.54) is 16.6 Å². The van der Waals surface area contributed by atoms with Gasteiger partial charge in [0.2, 0.25) is 5.91 Å². The summed E-state index contributed by atoms with van der Waals surface area (Å²) >= 11 is 3.96. The minimum absolute atomic E-state index is 0.0414. The highest BCUT2D eigenvalue weighted by atomic mass is 32.2. The molecule has 3 heterocycles. The number of nitrogens with one attached hydrogen (secondary N) is 1. The SMILES string of the molecule is CCOC(=O)c1sc(NC(=O)CSc2nnc(-c3csc(C(C)C)c3)n2C(C)C)c(C(=O)OCC)c1C.